The summed E-state index contributed by atoms with van der Waals surface area (Å²) < 4.78 is 60.2. The lowest BCUT2D eigenvalue weighted by molar-refractivity contribution is -0.143. The average molecular weight is 447 g/mol. The molecule has 1 aromatic carbocycles. The third-order valence-corrected chi connectivity index (χ3v) is 3.99. The number of amides is 1. The topological polar surface area (TPSA) is 64.2 Å². The van der Waals surface area contributed by atoms with E-state index in [1.807, 2.05) is 0 Å². The van der Waals surface area contributed by atoms with Crippen molar-refractivity contribution >= 4 is 21.8 Å². The van der Waals surface area contributed by atoms with Crippen molar-refractivity contribution in [3.05, 3.63) is 64.0 Å². The van der Waals surface area contributed by atoms with Gasteiger partial charge in [-0.05, 0) is 46.3 Å². The predicted octanol–water partition coefficient (Wildman–Crippen LogP) is 4.05. The van der Waals surface area contributed by atoms with Gasteiger partial charge in [0.15, 0.2) is 16.1 Å². The molecule has 3 aromatic rings. The lowest BCUT2D eigenvalue weighted by Gasteiger charge is -2.16. The van der Waals surface area contributed by atoms with E-state index in [-0.39, 0.29) is 12.2 Å². The van der Waals surface area contributed by atoms with Crippen molar-refractivity contribution in [3.63, 3.8) is 0 Å². The Kier molecular flexibility index (Phi) is 5.05. The van der Waals surface area contributed by atoms with Crippen molar-refractivity contribution in [2.24, 2.45) is 0 Å². The standard InChI is InChI=1S/C16H11BrF4N4O2/c1-24(8-11-5-6-12(17)27-11)15(26)13-14(16(19,20)21)25(23-22-13)10-4-2-3-9(18)7-10/h2-7H,8H2,1H3. The molecule has 142 valence electrons. The fourth-order valence-electron chi connectivity index (χ4n) is 2.39. The van der Waals surface area contributed by atoms with Gasteiger partial charge in [-0.25, -0.2) is 9.07 Å². The summed E-state index contributed by atoms with van der Waals surface area (Å²) in [5, 5.41) is 6.81. The van der Waals surface area contributed by atoms with E-state index in [0.29, 0.717) is 15.1 Å². The summed E-state index contributed by atoms with van der Waals surface area (Å²) in [5.74, 6) is -1.38. The summed E-state index contributed by atoms with van der Waals surface area (Å²) in [4.78, 5) is 13.5. The number of hydrogen-bond acceptors (Lipinski definition) is 4. The summed E-state index contributed by atoms with van der Waals surface area (Å²) in [7, 11) is 1.31. The van der Waals surface area contributed by atoms with E-state index in [1.165, 1.54) is 19.2 Å². The van der Waals surface area contributed by atoms with Crippen LogP contribution in [0.3, 0.4) is 0 Å². The monoisotopic (exact) mass is 446 g/mol. The molecule has 27 heavy (non-hydrogen) atoms. The zero-order chi connectivity index (χ0) is 19.8. The first-order chi connectivity index (χ1) is 12.7. The molecule has 11 heteroatoms. The molecule has 1 amide bonds. The molecule has 0 saturated carbocycles. The highest BCUT2D eigenvalue weighted by atomic mass is 79.9. The second kappa shape index (κ2) is 7.14. The number of alkyl halides is 3. The summed E-state index contributed by atoms with van der Waals surface area (Å²) in [6, 6.07) is 7.56. The highest BCUT2D eigenvalue weighted by Crippen LogP contribution is 2.33. The molecule has 0 aliphatic heterocycles. The maximum Gasteiger partial charge on any atom is 0.435 e. The maximum atomic E-state index is 13.6. The van der Waals surface area contributed by atoms with Crippen LogP contribution in [-0.4, -0.2) is 32.8 Å². The number of aromatic nitrogens is 3. The van der Waals surface area contributed by atoms with Crippen molar-refractivity contribution in [2.75, 3.05) is 7.05 Å². The van der Waals surface area contributed by atoms with Gasteiger partial charge in [0.05, 0.1) is 12.2 Å². The molecular formula is C16H11BrF4N4O2. The summed E-state index contributed by atoms with van der Waals surface area (Å²) in [5.41, 5.74) is -2.48. The average Bonchev–Trinajstić information content (AvgIpc) is 3.20. The van der Waals surface area contributed by atoms with Gasteiger partial charge in [0.1, 0.15) is 11.6 Å². The lowest BCUT2D eigenvalue weighted by atomic mass is 10.2. The van der Waals surface area contributed by atoms with E-state index in [2.05, 4.69) is 26.2 Å². The SMILES string of the molecule is CN(Cc1ccc(Br)o1)C(=O)c1nnn(-c2cccc(F)c2)c1C(F)(F)F. The Balaban J connectivity index is 1.98. The molecule has 0 unspecified atom stereocenters. The van der Waals surface area contributed by atoms with E-state index in [0.717, 1.165) is 17.0 Å². The van der Waals surface area contributed by atoms with Gasteiger partial charge in [0.2, 0.25) is 0 Å². The van der Waals surface area contributed by atoms with Crippen LogP contribution in [0.25, 0.3) is 5.69 Å². The van der Waals surface area contributed by atoms with Gasteiger partial charge in [-0.15, -0.1) is 5.10 Å². The Morgan fingerprint density at radius 1 is 1.30 bits per heavy atom. The number of hydrogen-bond donors (Lipinski definition) is 0. The molecular weight excluding hydrogens is 436 g/mol. The fourth-order valence-corrected chi connectivity index (χ4v) is 2.73. The van der Waals surface area contributed by atoms with E-state index >= 15 is 0 Å². The molecule has 0 spiro atoms. The minimum absolute atomic E-state index is 0.0748. The van der Waals surface area contributed by atoms with E-state index in [4.69, 9.17) is 4.42 Å². The number of carbonyl (C=O) groups is 1. The number of furan rings is 1. The minimum Gasteiger partial charge on any atom is -0.452 e. The second-order valence-corrected chi connectivity index (χ2v) is 6.32. The molecule has 0 bridgehead atoms. The Hall–Kier alpha value is -2.69. The Labute approximate surface area is 158 Å². The number of rotatable bonds is 4. The van der Waals surface area contributed by atoms with E-state index in [1.54, 1.807) is 12.1 Å². The molecule has 0 aliphatic carbocycles. The van der Waals surface area contributed by atoms with Crippen LogP contribution in [0.1, 0.15) is 21.9 Å². The van der Waals surface area contributed by atoms with Crippen LogP contribution < -0.4 is 0 Å². The maximum absolute atomic E-state index is 13.6. The quantitative estimate of drug-likeness (QED) is 0.567. The number of benzene rings is 1. The first kappa shape index (κ1) is 19.1. The molecule has 0 saturated heterocycles. The summed E-state index contributed by atoms with van der Waals surface area (Å²) in [6.07, 6.45) is -4.94. The first-order valence-corrected chi connectivity index (χ1v) is 8.24. The van der Waals surface area contributed by atoms with Crippen molar-refractivity contribution in [3.8, 4) is 5.69 Å². The highest BCUT2D eigenvalue weighted by molar-refractivity contribution is 9.10. The first-order valence-electron chi connectivity index (χ1n) is 7.45. The van der Waals surface area contributed by atoms with Crippen molar-refractivity contribution in [2.45, 2.75) is 12.7 Å². The van der Waals surface area contributed by atoms with Crippen molar-refractivity contribution in [1.82, 2.24) is 19.9 Å². The third kappa shape index (κ3) is 4.02. The molecule has 0 N–H and O–H groups in total. The van der Waals surface area contributed by atoms with E-state index in [9.17, 15) is 22.4 Å². The molecule has 6 nitrogen and oxygen atoms in total. The smallest absolute Gasteiger partial charge is 0.435 e. The van der Waals surface area contributed by atoms with Gasteiger partial charge in [-0.1, -0.05) is 11.3 Å². The molecule has 3 rings (SSSR count). The second-order valence-electron chi connectivity index (χ2n) is 5.54. The Morgan fingerprint density at radius 2 is 2.04 bits per heavy atom. The number of halogens is 5. The molecule has 0 aliphatic rings. The molecule has 2 aromatic heterocycles. The zero-order valence-corrected chi connectivity index (χ0v) is 15.3. The van der Waals surface area contributed by atoms with Gasteiger partial charge < -0.3 is 9.32 Å². The Bertz CT molecular complexity index is 983. The largest absolute Gasteiger partial charge is 0.452 e. The van der Waals surface area contributed by atoms with Gasteiger partial charge in [0, 0.05) is 7.05 Å². The van der Waals surface area contributed by atoms with Crippen LogP contribution >= 0.6 is 15.9 Å². The molecule has 0 atom stereocenters. The fraction of sp³-hybridized carbons (Fsp3) is 0.188. The Morgan fingerprint density at radius 3 is 2.63 bits per heavy atom. The molecule has 0 fully saturated rings. The van der Waals surface area contributed by atoms with Crippen molar-refractivity contribution in [1.29, 1.82) is 0 Å². The van der Waals surface area contributed by atoms with Gasteiger partial charge in [-0.3, -0.25) is 4.79 Å². The van der Waals surface area contributed by atoms with Crippen LogP contribution in [0, 0.1) is 5.82 Å². The van der Waals surface area contributed by atoms with Crippen LogP contribution in [-0.2, 0) is 12.7 Å². The zero-order valence-electron chi connectivity index (χ0n) is 13.7. The predicted molar refractivity (Wildman–Crippen MR) is 88.5 cm³/mol. The minimum atomic E-state index is -4.94. The molecule has 0 radical (unpaired) electrons. The van der Waals surface area contributed by atoms with Gasteiger partial charge in [-0.2, -0.15) is 13.2 Å². The van der Waals surface area contributed by atoms with Crippen LogP contribution in [0.5, 0.6) is 0 Å². The third-order valence-electron chi connectivity index (χ3n) is 3.56. The van der Waals surface area contributed by atoms with Crippen molar-refractivity contribution < 1.29 is 26.8 Å². The summed E-state index contributed by atoms with van der Waals surface area (Å²) >= 11 is 3.10. The van der Waals surface area contributed by atoms with Crippen LogP contribution in [0.2, 0.25) is 0 Å². The van der Waals surface area contributed by atoms with Gasteiger partial charge in [0.25, 0.3) is 5.91 Å². The highest BCUT2D eigenvalue weighted by Gasteiger charge is 2.42. The van der Waals surface area contributed by atoms with Crippen LogP contribution in [0.4, 0.5) is 17.6 Å². The van der Waals surface area contributed by atoms with Crippen LogP contribution in [0.15, 0.2) is 45.5 Å². The number of nitrogens with zero attached hydrogens (tertiary/aromatic N) is 4. The lowest BCUT2D eigenvalue weighted by Crippen LogP contribution is -2.29. The molecule has 2 heterocycles. The normalized spacial score (nSPS) is 11.6. The van der Waals surface area contributed by atoms with Gasteiger partial charge >= 0.3 is 6.18 Å². The number of carbonyl (C=O) groups excluding carboxylic acids is 1. The van der Waals surface area contributed by atoms with E-state index < -0.39 is 29.3 Å². The summed E-state index contributed by atoms with van der Waals surface area (Å²) in [6.45, 7) is -0.0748.